The van der Waals surface area contributed by atoms with Crippen molar-refractivity contribution in [3.8, 4) is 0 Å². The summed E-state index contributed by atoms with van der Waals surface area (Å²) in [5.41, 5.74) is 5.05. The molecule has 1 atom stereocenters. The molecule has 4 aliphatic rings. The van der Waals surface area contributed by atoms with Crippen molar-refractivity contribution in [2.24, 2.45) is 29.0 Å². The smallest absolute Gasteiger partial charge is 0.0524 e. The van der Waals surface area contributed by atoms with Crippen molar-refractivity contribution >= 4 is 11.3 Å². The van der Waals surface area contributed by atoms with Crippen LogP contribution in [-0.4, -0.2) is 0 Å². The highest BCUT2D eigenvalue weighted by Gasteiger charge is 2.54. The summed E-state index contributed by atoms with van der Waals surface area (Å²) in [6.45, 7) is 0. The van der Waals surface area contributed by atoms with E-state index in [-0.39, 0.29) is 0 Å². The van der Waals surface area contributed by atoms with Crippen LogP contribution >= 0.6 is 11.3 Å². The molecular formula is C15H22N2S. The minimum absolute atomic E-state index is 0.386. The number of hydrogen-bond acceptors (Lipinski definition) is 3. The maximum Gasteiger partial charge on any atom is 0.0524 e. The van der Waals surface area contributed by atoms with Gasteiger partial charge in [-0.25, -0.2) is 0 Å². The van der Waals surface area contributed by atoms with Crippen LogP contribution in [0.2, 0.25) is 0 Å². The van der Waals surface area contributed by atoms with Crippen LogP contribution < -0.4 is 11.3 Å². The highest BCUT2D eigenvalue weighted by Crippen LogP contribution is 2.63. The molecule has 0 aromatic carbocycles. The van der Waals surface area contributed by atoms with Crippen molar-refractivity contribution in [2.45, 2.75) is 44.6 Å². The van der Waals surface area contributed by atoms with Crippen molar-refractivity contribution in [1.29, 1.82) is 0 Å². The van der Waals surface area contributed by atoms with Gasteiger partial charge in [0.15, 0.2) is 0 Å². The fourth-order valence-corrected chi connectivity index (χ4v) is 6.28. The molecule has 4 fully saturated rings. The van der Waals surface area contributed by atoms with Crippen LogP contribution in [0, 0.1) is 23.2 Å². The zero-order chi connectivity index (χ0) is 12.2. The lowest BCUT2D eigenvalue weighted by molar-refractivity contribution is -0.0748. The standard InChI is InChI=1S/C15H22N2S/c16-17-14(13-1-2-18-9-13)15-6-10-3-11(7-15)5-12(4-10)8-15/h1-2,9-12,14,17H,3-8,16H2. The van der Waals surface area contributed by atoms with Gasteiger partial charge in [0.05, 0.1) is 6.04 Å². The lowest BCUT2D eigenvalue weighted by atomic mass is 9.47. The number of hydrazine groups is 1. The summed E-state index contributed by atoms with van der Waals surface area (Å²) in [5.74, 6) is 8.91. The van der Waals surface area contributed by atoms with Gasteiger partial charge in [-0.1, -0.05) is 0 Å². The molecule has 4 saturated carbocycles. The van der Waals surface area contributed by atoms with Gasteiger partial charge in [-0.2, -0.15) is 11.3 Å². The van der Waals surface area contributed by atoms with Gasteiger partial charge in [0.1, 0.15) is 0 Å². The van der Waals surface area contributed by atoms with Gasteiger partial charge >= 0.3 is 0 Å². The number of rotatable bonds is 3. The van der Waals surface area contributed by atoms with Crippen LogP contribution in [0.5, 0.6) is 0 Å². The molecule has 1 heterocycles. The Bertz CT molecular complexity index is 390. The van der Waals surface area contributed by atoms with Gasteiger partial charge in [0.25, 0.3) is 0 Å². The van der Waals surface area contributed by atoms with Gasteiger partial charge in [-0.05, 0) is 84.1 Å². The Balaban J connectivity index is 1.70. The van der Waals surface area contributed by atoms with Crippen LogP contribution in [0.1, 0.15) is 50.1 Å². The van der Waals surface area contributed by atoms with Gasteiger partial charge in [-0.3, -0.25) is 11.3 Å². The summed E-state index contributed by atoms with van der Waals surface area (Å²) in [5, 5.41) is 4.46. The van der Waals surface area contributed by atoms with Crippen molar-refractivity contribution in [3.05, 3.63) is 22.4 Å². The van der Waals surface area contributed by atoms with Gasteiger partial charge in [-0.15, -0.1) is 0 Å². The molecule has 0 spiro atoms. The lowest BCUT2D eigenvalue weighted by Crippen LogP contribution is -2.53. The first-order valence-electron chi connectivity index (χ1n) is 7.27. The molecule has 0 radical (unpaired) electrons. The first-order chi connectivity index (χ1) is 8.79. The second kappa shape index (κ2) is 4.06. The van der Waals surface area contributed by atoms with Gasteiger partial charge in [0.2, 0.25) is 0 Å². The minimum atomic E-state index is 0.386. The molecule has 5 rings (SSSR count). The summed E-state index contributed by atoms with van der Waals surface area (Å²) in [7, 11) is 0. The Hall–Kier alpha value is -0.380. The largest absolute Gasteiger partial charge is 0.271 e. The maximum atomic E-state index is 5.94. The zero-order valence-electron chi connectivity index (χ0n) is 10.8. The SMILES string of the molecule is NNC(c1ccsc1)C12CC3CC(CC(C3)C1)C2. The molecule has 2 nitrogen and oxygen atoms in total. The van der Waals surface area contributed by atoms with E-state index in [4.69, 9.17) is 5.84 Å². The molecule has 3 N–H and O–H groups in total. The average Bonchev–Trinajstić information content (AvgIpc) is 2.81. The predicted octanol–water partition coefficient (Wildman–Crippen LogP) is 3.47. The van der Waals surface area contributed by atoms with Gasteiger partial charge < -0.3 is 0 Å². The van der Waals surface area contributed by atoms with Crippen LogP contribution in [0.15, 0.2) is 16.8 Å². The van der Waals surface area contributed by atoms with E-state index < -0.39 is 0 Å². The molecule has 1 aromatic rings. The van der Waals surface area contributed by atoms with Gasteiger partial charge in [0, 0.05) is 0 Å². The molecular weight excluding hydrogens is 240 g/mol. The number of hydrogen-bond donors (Lipinski definition) is 2. The summed E-state index contributed by atoms with van der Waals surface area (Å²) in [6.07, 6.45) is 8.72. The van der Waals surface area contributed by atoms with E-state index in [1.165, 1.54) is 44.1 Å². The molecule has 1 aromatic heterocycles. The van der Waals surface area contributed by atoms with E-state index in [1.807, 2.05) is 0 Å². The normalized spacial score (nSPS) is 43.3. The van der Waals surface area contributed by atoms with E-state index in [9.17, 15) is 0 Å². The molecule has 18 heavy (non-hydrogen) atoms. The Morgan fingerprint density at radius 3 is 2.22 bits per heavy atom. The Kier molecular flexibility index (Phi) is 2.58. The van der Waals surface area contributed by atoms with E-state index in [1.54, 1.807) is 11.3 Å². The maximum absolute atomic E-state index is 5.94. The third-order valence-corrected chi connectivity index (χ3v) is 6.44. The Morgan fingerprint density at radius 2 is 1.78 bits per heavy atom. The molecule has 4 bridgehead atoms. The number of nitrogens with two attached hydrogens (primary N) is 1. The van der Waals surface area contributed by atoms with E-state index in [2.05, 4.69) is 22.3 Å². The summed E-state index contributed by atoms with van der Waals surface area (Å²) < 4.78 is 0. The monoisotopic (exact) mass is 262 g/mol. The highest BCUT2D eigenvalue weighted by atomic mass is 32.1. The predicted molar refractivity (Wildman–Crippen MR) is 75.0 cm³/mol. The van der Waals surface area contributed by atoms with Crippen LogP contribution in [-0.2, 0) is 0 Å². The fraction of sp³-hybridized carbons (Fsp3) is 0.733. The quantitative estimate of drug-likeness (QED) is 0.646. The Labute approximate surface area is 113 Å². The molecule has 98 valence electrons. The summed E-state index contributed by atoms with van der Waals surface area (Å²) in [4.78, 5) is 0. The molecule has 3 heteroatoms. The Morgan fingerprint density at radius 1 is 1.17 bits per heavy atom. The summed E-state index contributed by atoms with van der Waals surface area (Å²) in [6, 6.07) is 2.64. The molecule has 0 saturated heterocycles. The minimum Gasteiger partial charge on any atom is -0.271 e. The summed E-state index contributed by atoms with van der Waals surface area (Å²) >= 11 is 1.79. The number of nitrogens with one attached hydrogen (secondary N) is 1. The third kappa shape index (κ3) is 1.60. The second-order valence-electron chi connectivity index (χ2n) is 6.94. The first-order valence-corrected chi connectivity index (χ1v) is 8.21. The molecule has 0 aliphatic heterocycles. The van der Waals surface area contributed by atoms with Crippen molar-refractivity contribution < 1.29 is 0 Å². The first kappa shape index (κ1) is 11.4. The number of thiophene rings is 1. The van der Waals surface area contributed by atoms with Crippen LogP contribution in [0.25, 0.3) is 0 Å². The third-order valence-electron chi connectivity index (χ3n) is 5.74. The molecule has 0 amide bonds. The van der Waals surface area contributed by atoms with Crippen molar-refractivity contribution in [2.75, 3.05) is 0 Å². The second-order valence-corrected chi connectivity index (χ2v) is 7.72. The lowest BCUT2D eigenvalue weighted by Gasteiger charge is -2.59. The molecule has 1 unspecified atom stereocenters. The van der Waals surface area contributed by atoms with Crippen LogP contribution in [0.3, 0.4) is 0 Å². The average molecular weight is 262 g/mol. The molecule has 4 aliphatic carbocycles. The fourth-order valence-electron chi connectivity index (χ4n) is 5.60. The van der Waals surface area contributed by atoms with Crippen LogP contribution in [0.4, 0.5) is 0 Å². The van der Waals surface area contributed by atoms with E-state index in [0.717, 1.165) is 17.8 Å². The van der Waals surface area contributed by atoms with E-state index in [0.29, 0.717) is 11.5 Å². The zero-order valence-corrected chi connectivity index (χ0v) is 11.6. The highest BCUT2D eigenvalue weighted by molar-refractivity contribution is 7.07. The van der Waals surface area contributed by atoms with Crippen molar-refractivity contribution in [1.82, 2.24) is 5.43 Å². The topological polar surface area (TPSA) is 38.0 Å². The van der Waals surface area contributed by atoms with Crippen molar-refractivity contribution in [3.63, 3.8) is 0 Å². The van der Waals surface area contributed by atoms with E-state index >= 15 is 0 Å².